The molecule has 28 heavy (non-hydrogen) atoms. The molecule has 0 radical (unpaired) electrons. The number of nitro groups is 1. The number of nitrogens with zero attached hydrogens (tertiary/aromatic N) is 2. The first-order valence-electron chi connectivity index (χ1n) is 8.67. The molecule has 0 atom stereocenters. The number of hydrogen-bond donors (Lipinski definition) is 1. The van der Waals surface area contributed by atoms with E-state index < -0.39 is 4.92 Å². The zero-order valence-corrected chi connectivity index (χ0v) is 15.9. The maximum atomic E-state index is 11.1. The van der Waals surface area contributed by atoms with Gasteiger partial charge >= 0.3 is 0 Å². The van der Waals surface area contributed by atoms with Crippen LogP contribution in [0.2, 0.25) is 0 Å². The number of hydrogen-bond acceptors (Lipinski definition) is 6. The van der Waals surface area contributed by atoms with Gasteiger partial charge < -0.3 is 14.8 Å². The van der Waals surface area contributed by atoms with Gasteiger partial charge in [-0.2, -0.15) is 0 Å². The van der Waals surface area contributed by atoms with Crippen molar-refractivity contribution in [3.8, 4) is 11.5 Å². The van der Waals surface area contributed by atoms with Crippen LogP contribution in [0.5, 0.6) is 11.5 Å². The molecule has 144 valence electrons. The number of aryl methyl sites for hydroxylation is 1. The predicted octanol–water partition coefficient (Wildman–Crippen LogP) is 4.52. The number of methoxy groups -OCH3 is 2. The second kappa shape index (κ2) is 8.39. The van der Waals surface area contributed by atoms with E-state index in [1.165, 1.54) is 6.20 Å². The Morgan fingerprint density at radius 2 is 1.57 bits per heavy atom. The van der Waals surface area contributed by atoms with Crippen molar-refractivity contribution in [2.45, 2.75) is 13.0 Å². The quantitative estimate of drug-likeness (QED) is 0.480. The first-order chi connectivity index (χ1) is 13.5. The number of benzene rings is 2. The van der Waals surface area contributed by atoms with Crippen LogP contribution in [0.25, 0.3) is 0 Å². The number of nitrogens with one attached hydrogen (secondary N) is 1. The van der Waals surface area contributed by atoms with Crippen molar-refractivity contribution in [1.82, 2.24) is 4.98 Å². The molecule has 0 unspecified atom stereocenters. The fraction of sp³-hybridized carbons (Fsp3) is 0.190. The molecule has 3 aromatic rings. The van der Waals surface area contributed by atoms with Crippen LogP contribution in [0.4, 0.5) is 11.5 Å². The van der Waals surface area contributed by atoms with Gasteiger partial charge in [-0.1, -0.05) is 24.3 Å². The first-order valence-corrected chi connectivity index (χ1v) is 8.67. The molecule has 0 aliphatic carbocycles. The Labute approximate surface area is 163 Å². The van der Waals surface area contributed by atoms with E-state index in [0.717, 1.165) is 22.6 Å². The minimum atomic E-state index is -0.437. The molecule has 7 heteroatoms. The van der Waals surface area contributed by atoms with Gasteiger partial charge in [-0.05, 0) is 48.4 Å². The highest BCUT2D eigenvalue weighted by Crippen LogP contribution is 2.31. The maximum absolute atomic E-state index is 11.1. The topological polar surface area (TPSA) is 86.5 Å². The number of aromatic nitrogens is 1. The van der Waals surface area contributed by atoms with E-state index in [0.29, 0.717) is 11.4 Å². The SMILES string of the molecule is COc1cccc(C(Nc2cc(C)c([N+](=O)[O-])cn2)c2cccc(OC)c2)c1. The van der Waals surface area contributed by atoms with Crippen molar-refractivity contribution < 1.29 is 14.4 Å². The lowest BCUT2D eigenvalue weighted by atomic mass is 9.98. The zero-order valence-electron chi connectivity index (χ0n) is 15.9. The van der Waals surface area contributed by atoms with Crippen molar-refractivity contribution in [1.29, 1.82) is 0 Å². The molecule has 0 saturated heterocycles. The summed E-state index contributed by atoms with van der Waals surface area (Å²) in [6.45, 7) is 1.69. The van der Waals surface area contributed by atoms with Gasteiger partial charge in [-0.25, -0.2) is 4.98 Å². The van der Waals surface area contributed by atoms with Crippen LogP contribution in [-0.2, 0) is 0 Å². The summed E-state index contributed by atoms with van der Waals surface area (Å²) in [7, 11) is 3.24. The van der Waals surface area contributed by atoms with Crippen molar-refractivity contribution in [2.75, 3.05) is 19.5 Å². The van der Waals surface area contributed by atoms with E-state index in [1.54, 1.807) is 27.2 Å². The van der Waals surface area contributed by atoms with Crippen molar-refractivity contribution in [2.24, 2.45) is 0 Å². The number of pyridine rings is 1. The Balaban J connectivity index is 2.03. The van der Waals surface area contributed by atoms with Gasteiger partial charge in [0.1, 0.15) is 23.5 Å². The zero-order chi connectivity index (χ0) is 20.1. The Morgan fingerprint density at radius 3 is 2.04 bits per heavy atom. The minimum absolute atomic E-state index is 0.00939. The van der Waals surface area contributed by atoms with Crippen LogP contribution in [0.3, 0.4) is 0 Å². The maximum Gasteiger partial charge on any atom is 0.290 e. The third-order valence-electron chi connectivity index (χ3n) is 4.43. The monoisotopic (exact) mass is 379 g/mol. The third-order valence-corrected chi connectivity index (χ3v) is 4.43. The fourth-order valence-corrected chi connectivity index (χ4v) is 2.97. The summed E-state index contributed by atoms with van der Waals surface area (Å²) in [6, 6.07) is 16.8. The standard InChI is InChI=1S/C21H21N3O4/c1-14-10-20(22-13-19(14)24(25)26)23-21(15-6-4-8-17(11-15)27-2)16-7-5-9-18(12-16)28-3/h4-13,21H,1-3H3,(H,22,23). The van der Waals surface area contributed by atoms with E-state index >= 15 is 0 Å². The molecule has 0 aliphatic rings. The van der Waals surface area contributed by atoms with Crippen LogP contribution >= 0.6 is 0 Å². The second-order valence-electron chi connectivity index (χ2n) is 6.24. The average molecular weight is 379 g/mol. The van der Waals surface area contributed by atoms with Gasteiger partial charge in [-0.15, -0.1) is 0 Å². The highest BCUT2D eigenvalue weighted by Gasteiger charge is 2.18. The highest BCUT2D eigenvalue weighted by atomic mass is 16.6. The molecule has 1 N–H and O–H groups in total. The summed E-state index contributed by atoms with van der Waals surface area (Å²) < 4.78 is 10.7. The number of ether oxygens (including phenoxy) is 2. The second-order valence-corrected chi connectivity index (χ2v) is 6.24. The Kier molecular flexibility index (Phi) is 5.74. The van der Waals surface area contributed by atoms with Crippen molar-refractivity contribution in [3.63, 3.8) is 0 Å². The minimum Gasteiger partial charge on any atom is -0.497 e. The Bertz CT molecular complexity index is 943. The lowest BCUT2D eigenvalue weighted by Crippen LogP contribution is -2.14. The van der Waals surface area contributed by atoms with Crippen molar-refractivity contribution >= 4 is 11.5 Å². The van der Waals surface area contributed by atoms with E-state index in [1.807, 2.05) is 48.5 Å². The molecule has 1 aromatic heterocycles. The van der Waals surface area contributed by atoms with Crippen LogP contribution in [0.15, 0.2) is 60.8 Å². The third kappa shape index (κ3) is 4.20. The van der Waals surface area contributed by atoms with Gasteiger partial charge in [0.25, 0.3) is 5.69 Å². The summed E-state index contributed by atoms with van der Waals surface area (Å²) in [5, 5.41) is 14.4. The smallest absolute Gasteiger partial charge is 0.290 e. The average Bonchev–Trinajstić information content (AvgIpc) is 2.71. The number of anilines is 1. The molecule has 0 fully saturated rings. The molecule has 0 spiro atoms. The number of rotatable bonds is 7. The van der Waals surface area contributed by atoms with E-state index in [-0.39, 0.29) is 11.7 Å². The van der Waals surface area contributed by atoms with Gasteiger partial charge in [0.2, 0.25) is 0 Å². The summed E-state index contributed by atoms with van der Waals surface area (Å²) in [6.07, 6.45) is 1.27. The predicted molar refractivity (Wildman–Crippen MR) is 107 cm³/mol. The van der Waals surface area contributed by atoms with Gasteiger partial charge in [0, 0.05) is 5.56 Å². The molecule has 3 rings (SSSR count). The Hall–Kier alpha value is -3.61. The normalized spacial score (nSPS) is 10.6. The summed E-state index contributed by atoms with van der Waals surface area (Å²) in [5.41, 5.74) is 2.46. The van der Waals surface area contributed by atoms with E-state index in [4.69, 9.17) is 9.47 Å². The van der Waals surface area contributed by atoms with Gasteiger partial charge in [0.15, 0.2) is 0 Å². The molecule has 2 aromatic carbocycles. The lowest BCUT2D eigenvalue weighted by Gasteiger charge is -2.21. The molecule has 0 aliphatic heterocycles. The van der Waals surface area contributed by atoms with Crippen LogP contribution in [0, 0.1) is 17.0 Å². The summed E-state index contributed by atoms with van der Waals surface area (Å²) in [4.78, 5) is 14.8. The largest absolute Gasteiger partial charge is 0.497 e. The lowest BCUT2D eigenvalue weighted by molar-refractivity contribution is -0.385. The molecule has 0 amide bonds. The fourth-order valence-electron chi connectivity index (χ4n) is 2.97. The molecular formula is C21H21N3O4. The summed E-state index contributed by atoms with van der Waals surface area (Å²) >= 11 is 0. The Morgan fingerprint density at radius 1 is 1.00 bits per heavy atom. The van der Waals surface area contributed by atoms with Crippen LogP contribution in [0.1, 0.15) is 22.7 Å². The van der Waals surface area contributed by atoms with Crippen molar-refractivity contribution in [3.05, 3.63) is 87.6 Å². The van der Waals surface area contributed by atoms with Crippen LogP contribution < -0.4 is 14.8 Å². The van der Waals surface area contributed by atoms with Gasteiger partial charge in [0.05, 0.1) is 25.2 Å². The molecular weight excluding hydrogens is 358 g/mol. The summed E-state index contributed by atoms with van der Waals surface area (Å²) in [5.74, 6) is 2.01. The highest BCUT2D eigenvalue weighted by molar-refractivity contribution is 5.51. The molecule has 0 bridgehead atoms. The molecule has 0 saturated carbocycles. The van der Waals surface area contributed by atoms with Gasteiger partial charge in [-0.3, -0.25) is 10.1 Å². The molecule has 1 heterocycles. The van der Waals surface area contributed by atoms with E-state index in [2.05, 4.69) is 10.3 Å². The first kappa shape index (κ1) is 19.2. The van der Waals surface area contributed by atoms with Crippen LogP contribution in [-0.4, -0.2) is 24.1 Å². The molecule has 7 nitrogen and oxygen atoms in total. The van der Waals surface area contributed by atoms with E-state index in [9.17, 15) is 10.1 Å².